The third kappa shape index (κ3) is 1.91. The molecule has 1 rings (SSSR count). The Bertz CT molecular complexity index is 252. The van der Waals surface area contributed by atoms with Gasteiger partial charge in [0.15, 0.2) is 0 Å². The first-order chi connectivity index (χ1) is 5.25. The first-order valence-corrected chi connectivity index (χ1v) is 3.92. The Morgan fingerprint density at radius 2 is 2.45 bits per heavy atom. The van der Waals surface area contributed by atoms with Gasteiger partial charge in [-0.05, 0) is 22.0 Å². The number of halogens is 1. The number of nitrogens with two attached hydrogens (primary N) is 1. The Morgan fingerprint density at radius 1 is 1.73 bits per heavy atom. The van der Waals surface area contributed by atoms with Gasteiger partial charge in [-0.1, -0.05) is 0 Å². The number of rotatable bonds is 2. The van der Waals surface area contributed by atoms with E-state index in [1.807, 2.05) is 0 Å². The highest BCUT2D eigenvalue weighted by atomic mass is 79.9. The lowest BCUT2D eigenvalue weighted by Gasteiger charge is -2.03. The summed E-state index contributed by atoms with van der Waals surface area (Å²) in [5.41, 5.74) is 7.12. The lowest BCUT2D eigenvalue weighted by Crippen LogP contribution is -1.96. The van der Waals surface area contributed by atoms with E-state index < -0.39 is 0 Å². The van der Waals surface area contributed by atoms with Gasteiger partial charge in [0.2, 0.25) is 0 Å². The molecule has 11 heavy (non-hydrogen) atoms. The maximum absolute atomic E-state index is 5.61. The van der Waals surface area contributed by atoms with E-state index in [2.05, 4.69) is 20.9 Å². The topological polar surface area (TPSA) is 48.1 Å². The second kappa shape index (κ2) is 3.69. The van der Waals surface area contributed by atoms with Gasteiger partial charge < -0.3 is 10.5 Å². The fourth-order valence-corrected chi connectivity index (χ4v) is 1.09. The first kappa shape index (κ1) is 8.49. The number of methoxy groups -OCH3 is 1. The zero-order valence-electron chi connectivity index (χ0n) is 6.17. The fraction of sp³-hybridized carbons (Fsp3) is 0.286. The van der Waals surface area contributed by atoms with Crippen LogP contribution in [0.25, 0.3) is 0 Å². The van der Waals surface area contributed by atoms with E-state index >= 15 is 0 Å². The van der Waals surface area contributed by atoms with Crippen LogP contribution in [-0.2, 0) is 11.3 Å². The molecule has 0 amide bonds. The number of hydrogen-bond acceptors (Lipinski definition) is 3. The van der Waals surface area contributed by atoms with Crippen molar-refractivity contribution in [3.63, 3.8) is 0 Å². The van der Waals surface area contributed by atoms with Gasteiger partial charge in [0.25, 0.3) is 0 Å². The zero-order chi connectivity index (χ0) is 8.27. The van der Waals surface area contributed by atoms with Crippen molar-refractivity contribution in [3.05, 3.63) is 22.4 Å². The Balaban J connectivity index is 2.96. The van der Waals surface area contributed by atoms with E-state index in [-0.39, 0.29) is 0 Å². The largest absolute Gasteiger partial charge is 0.398 e. The third-order valence-electron chi connectivity index (χ3n) is 1.27. The summed E-state index contributed by atoms with van der Waals surface area (Å²) in [5, 5.41) is 0. The van der Waals surface area contributed by atoms with Crippen molar-refractivity contribution >= 4 is 21.6 Å². The van der Waals surface area contributed by atoms with Gasteiger partial charge in [-0.2, -0.15) is 0 Å². The molecule has 3 nitrogen and oxygen atoms in total. The van der Waals surface area contributed by atoms with Crippen molar-refractivity contribution in [2.24, 2.45) is 0 Å². The van der Waals surface area contributed by atoms with Crippen LogP contribution in [0.1, 0.15) is 5.69 Å². The van der Waals surface area contributed by atoms with Crippen LogP contribution in [0, 0.1) is 0 Å². The summed E-state index contributed by atoms with van der Waals surface area (Å²) in [7, 11) is 1.62. The minimum Gasteiger partial charge on any atom is -0.398 e. The summed E-state index contributed by atoms with van der Waals surface area (Å²) < 4.78 is 5.74. The molecule has 0 aliphatic heterocycles. The Kier molecular flexibility index (Phi) is 2.84. The standard InChI is InChI=1S/C7H9BrN2O/c1-11-4-6-7(8)5(9)2-3-10-6/h2-3H,4H2,1H3,(H2,9,10). The number of anilines is 1. The van der Waals surface area contributed by atoms with E-state index in [0.717, 1.165) is 10.2 Å². The van der Waals surface area contributed by atoms with Gasteiger partial charge in [0.05, 0.1) is 16.8 Å². The lowest BCUT2D eigenvalue weighted by molar-refractivity contribution is 0.181. The normalized spacial score (nSPS) is 10.0. The quantitative estimate of drug-likeness (QED) is 0.817. The molecular formula is C7H9BrN2O. The highest BCUT2D eigenvalue weighted by molar-refractivity contribution is 9.10. The van der Waals surface area contributed by atoms with E-state index in [1.165, 1.54) is 0 Å². The Morgan fingerprint density at radius 3 is 3.09 bits per heavy atom. The van der Waals surface area contributed by atoms with Crippen molar-refractivity contribution in [3.8, 4) is 0 Å². The van der Waals surface area contributed by atoms with Gasteiger partial charge in [-0.3, -0.25) is 4.98 Å². The average molecular weight is 217 g/mol. The van der Waals surface area contributed by atoms with Crippen LogP contribution in [0.3, 0.4) is 0 Å². The number of ether oxygens (including phenoxy) is 1. The summed E-state index contributed by atoms with van der Waals surface area (Å²) in [4.78, 5) is 4.08. The molecule has 0 aromatic carbocycles. The maximum atomic E-state index is 5.61. The smallest absolute Gasteiger partial charge is 0.0896 e. The molecule has 0 aliphatic rings. The molecule has 1 heterocycles. The molecule has 60 valence electrons. The number of nitrogen functional groups attached to an aromatic ring is 1. The van der Waals surface area contributed by atoms with Crippen molar-refractivity contribution in [2.75, 3.05) is 12.8 Å². The predicted octanol–water partition coefficient (Wildman–Crippen LogP) is 1.57. The van der Waals surface area contributed by atoms with Crippen molar-refractivity contribution in [1.82, 2.24) is 4.98 Å². The van der Waals surface area contributed by atoms with E-state index in [9.17, 15) is 0 Å². The van der Waals surface area contributed by atoms with Crippen molar-refractivity contribution < 1.29 is 4.74 Å². The van der Waals surface area contributed by atoms with Crippen LogP contribution >= 0.6 is 15.9 Å². The summed E-state index contributed by atoms with van der Waals surface area (Å²) in [6, 6.07) is 1.74. The molecule has 0 saturated carbocycles. The third-order valence-corrected chi connectivity index (χ3v) is 2.19. The first-order valence-electron chi connectivity index (χ1n) is 3.13. The molecule has 1 aromatic heterocycles. The molecule has 2 N–H and O–H groups in total. The summed E-state index contributed by atoms with van der Waals surface area (Å²) >= 11 is 3.31. The van der Waals surface area contributed by atoms with E-state index in [1.54, 1.807) is 19.4 Å². The van der Waals surface area contributed by atoms with Gasteiger partial charge >= 0.3 is 0 Å². The van der Waals surface area contributed by atoms with Crippen LogP contribution in [-0.4, -0.2) is 12.1 Å². The molecule has 0 radical (unpaired) electrons. The van der Waals surface area contributed by atoms with E-state index in [4.69, 9.17) is 10.5 Å². The molecular weight excluding hydrogens is 208 g/mol. The molecule has 0 atom stereocenters. The van der Waals surface area contributed by atoms with E-state index in [0.29, 0.717) is 12.3 Å². The van der Waals surface area contributed by atoms with Gasteiger partial charge in [-0.25, -0.2) is 0 Å². The SMILES string of the molecule is COCc1nccc(N)c1Br. The number of hydrogen-bond donors (Lipinski definition) is 1. The minimum absolute atomic E-state index is 0.478. The second-order valence-electron chi connectivity index (χ2n) is 2.09. The number of pyridine rings is 1. The van der Waals surface area contributed by atoms with Crippen LogP contribution in [0.4, 0.5) is 5.69 Å². The molecule has 1 aromatic rings. The number of nitrogens with zero attached hydrogens (tertiary/aromatic N) is 1. The molecule has 0 bridgehead atoms. The van der Waals surface area contributed by atoms with Crippen LogP contribution in [0.15, 0.2) is 16.7 Å². The maximum Gasteiger partial charge on any atom is 0.0896 e. The average Bonchev–Trinajstić information content (AvgIpc) is 1.99. The summed E-state index contributed by atoms with van der Waals surface area (Å²) in [6.07, 6.45) is 1.66. The molecule has 0 spiro atoms. The second-order valence-corrected chi connectivity index (χ2v) is 2.89. The van der Waals surface area contributed by atoms with Gasteiger partial charge in [-0.15, -0.1) is 0 Å². The fourth-order valence-electron chi connectivity index (χ4n) is 0.741. The van der Waals surface area contributed by atoms with Crippen molar-refractivity contribution in [2.45, 2.75) is 6.61 Å². The zero-order valence-corrected chi connectivity index (χ0v) is 7.76. The monoisotopic (exact) mass is 216 g/mol. The Hall–Kier alpha value is -0.610. The van der Waals surface area contributed by atoms with Gasteiger partial charge in [0, 0.05) is 19.0 Å². The predicted molar refractivity (Wildman–Crippen MR) is 47.1 cm³/mol. The summed E-state index contributed by atoms with van der Waals surface area (Å²) in [6.45, 7) is 0.478. The number of aromatic nitrogens is 1. The molecule has 4 heteroatoms. The van der Waals surface area contributed by atoms with Gasteiger partial charge in [0.1, 0.15) is 0 Å². The molecule has 0 fully saturated rings. The van der Waals surface area contributed by atoms with Crippen molar-refractivity contribution in [1.29, 1.82) is 0 Å². The molecule has 0 unspecified atom stereocenters. The highest BCUT2D eigenvalue weighted by Crippen LogP contribution is 2.21. The molecule has 0 aliphatic carbocycles. The van der Waals surface area contributed by atoms with Crippen LogP contribution in [0.2, 0.25) is 0 Å². The van der Waals surface area contributed by atoms with Crippen LogP contribution < -0.4 is 5.73 Å². The lowest BCUT2D eigenvalue weighted by atomic mass is 10.3. The minimum atomic E-state index is 0.478. The highest BCUT2D eigenvalue weighted by Gasteiger charge is 2.02. The Labute approximate surface area is 73.7 Å². The van der Waals surface area contributed by atoms with Crippen LogP contribution in [0.5, 0.6) is 0 Å². The summed E-state index contributed by atoms with van der Waals surface area (Å²) in [5.74, 6) is 0. The molecule has 0 saturated heterocycles.